The predicted molar refractivity (Wildman–Crippen MR) is 78.6 cm³/mol. The van der Waals surface area contributed by atoms with Crippen molar-refractivity contribution in [3.05, 3.63) is 34.8 Å². The van der Waals surface area contributed by atoms with Crippen molar-refractivity contribution in [2.24, 2.45) is 0 Å². The van der Waals surface area contributed by atoms with Crippen molar-refractivity contribution in [2.75, 3.05) is 6.54 Å². The van der Waals surface area contributed by atoms with Crippen LogP contribution in [0.15, 0.2) is 29.1 Å². The van der Waals surface area contributed by atoms with Crippen LogP contribution in [-0.2, 0) is 11.3 Å². The van der Waals surface area contributed by atoms with Gasteiger partial charge in [0, 0.05) is 22.7 Å². The minimum absolute atomic E-state index is 0.375. The van der Waals surface area contributed by atoms with Gasteiger partial charge < -0.3 is 9.51 Å². The maximum atomic E-state index is 11.3. The normalized spacial score (nSPS) is 20.4. The van der Waals surface area contributed by atoms with Gasteiger partial charge >= 0.3 is 5.97 Å². The Hall–Kier alpha value is -1.40. The maximum Gasteiger partial charge on any atom is 0.320 e. The van der Waals surface area contributed by atoms with Crippen LogP contribution in [0.2, 0.25) is 0 Å². The van der Waals surface area contributed by atoms with Gasteiger partial charge in [-0.25, -0.2) is 4.98 Å². The number of piperidine rings is 1. The second-order valence-corrected chi connectivity index (χ2v) is 6.11. The number of carboxylic acids is 1. The molecule has 0 saturated carbocycles. The van der Waals surface area contributed by atoms with E-state index in [1.54, 1.807) is 6.33 Å². The summed E-state index contributed by atoms with van der Waals surface area (Å²) in [5, 5.41) is 9.29. The summed E-state index contributed by atoms with van der Waals surface area (Å²) in [6.07, 6.45) is 6.50. The Labute approximate surface area is 125 Å². The standard InChI is InChI=1S/C14H16BrN3O2/c15-10-5-12-6-11(16-9-18(12)7-10)8-17-4-2-1-3-13(17)14(19)20/h5-7,9,13H,1-4,8H2,(H,19,20)/t13-/m0/s1. The number of carboxylic acid groups (broad SMARTS) is 1. The average Bonchev–Trinajstić information content (AvgIpc) is 2.78. The molecule has 0 spiro atoms. The zero-order valence-corrected chi connectivity index (χ0v) is 12.6. The lowest BCUT2D eigenvalue weighted by atomic mass is 10.0. The molecule has 1 fully saturated rings. The van der Waals surface area contributed by atoms with E-state index in [9.17, 15) is 9.90 Å². The summed E-state index contributed by atoms with van der Waals surface area (Å²) in [4.78, 5) is 17.7. The minimum Gasteiger partial charge on any atom is -0.480 e. The van der Waals surface area contributed by atoms with Gasteiger partial charge in [-0.2, -0.15) is 0 Å². The average molecular weight is 338 g/mol. The molecule has 6 heteroatoms. The summed E-state index contributed by atoms with van der Waals surface area (Å²) in [6, 6.07) is 3.66. The molecule has 0 amide bonds. The van der Waals surface area contributed by atoms with Gasteiger partial charge in [0.2, 0.25) is 0 Å². The minimum atomic E-state index is -0.726. The second-order valence-electron chi connectivity index (χ2n) is 5.19. The van der Waals surface area contributed by atoms with E-state index < -0.39 is 5.97 Å². The number of hydrogen-bond donors (Lipinski definition) is 1. The van der Waals surface area contributed by atoms with Crippen molar-refractivity contribution in [2.45, 2.75) is 31.8 Å². The number of fused-ring (bicyclic) bond motifs is 1. The first kappa shape index (κ1) is 13.6. The molecule has 106 valence electrons. The number of likely N-dealkylation sites (tertiary alicyclic amines) is 1. The van der Waals surface area contributed by atoms with Gasteiger partial charge in [-0.1, -0.05) is 6.42 Å². The molecule has 0 aromatic carbocycles. The van der Waals surface area contributed by atoms with Gasteiger partial charge in [-0.05, 0) is 47.4 Å². The van der Waals surface area contributed by atoms with Crippen molar-refractivity contribution in [3.8, 4) is 0 Å². The number of carbonyl (C=O) groups is 1. The molecule has 5 nitrogen and oxygen atoms in total. The molecule has 0 bridgehead atoms. The van der Waals surface area contributed by atoms with Gasteiger partial charge in [0.05, 0.1) is 12.0 Å². The molecule has 1 atom stereocenters. The zero-order chi connectivity index (χ0) is 14.1. The van der Waals surface area contributed by atoms with Crippen molar-refractivity contribution >= 4 is 27.4 Å². The highest BCUT2D eigenvalue weighted by atomic mass is 79.9. The molecule has 1 N–H and O–H groups in total. The Bertz CT molecular complexity index is 640. The van der Waals surface area contributed by atoms with E-state index >= 15 is 0 Å². The van der Waals surface area contributed by atoms with Crippen LogP contribution >= 0.6 is 15.9 Å². The molecule has 2 aromatic heterocycles. The third kappa shape index (κ3) is 2.71. The monoisotopic (exact) mass is 337 g/mol. The molecule has 20 heavy (non-hydrogen) atoms. The van der Waals surface area contributed by atoms with Crippen LogP contribution in [0.1, 0.15) is 25.0 Å². The Morgan fingerprint density at radius 2 is 2.30 bits per heavy atom. The second kappa shape index (κ2) is 5.54. The number of aliphatic carboxylic acids is 1. The van der Waals surface area contributed by atoms with Crippen LogP contribution in [-0.4, -0.2) is 37.9 Å². The highest BCUT2D eigenvalue weighted by Gasteiger charge is 2.28. The number of nitrogens with zero attached hydrogens (tertiary/aromatic N) is 3. The predicted octanol–water partition coefficient (Wildman–Crippen LogP) is 2.54. The first-order chi connectivity index (χ1) is 9.63. The van der Waals surface area contributed by atoms with Gasteiger partial charge in [0.25, 0.3) is 0 Å². The van der Waals surface area contributed by atoms with E-state index in [4.69, 9.17) is 0 Å². The first-order valence-electron chi connectivity index (χ1n) is 6.72. The van der Waals surface area contributed by atoms with E-state index in [1.165, 1.54) is 0 Å². The van der Waals surface area contributed by atoms with Gasteiger partial charge in [-0.15, -0.1) is 0 Å². The van der Waals surface area contributed by atoms with Gasteiger partial charge in [0.1, 0.15) is 6.04 Å². The lowest BCUT2D eigenvalue weighted by molar-refractivity contribution is -0.144. The number of halogens is 1. The SMILES string of the molecule is O=C(O)[C@@H]1CCCCN1Cc1cc2cc(Br)cn2cn1. The Morgan fingerprint density at radius 1 is 1.45 bits per heavy atom. The van der Waals surface area contributed by atoms with Crippen LogP contribution in [0.4, 0.5) is 0 Å². The highest BCUT2D eigenvalue weighted by Crippen LogP contribution is 2.21. The van der Waals surface area contributed by atoms with Crippen LogP contribution < -0.4 is 0 Å². The topological polar surface area (TPSA) is 57.8 Å². The summed E-state index contributed by atoms with van der Waals surface area (Å²) < 4.78 is 2.95. The molecule has 3 heterocycles. The number of hydrogen-bond acceptors (Lipinski definition) is 3. The van der Waals surface area contributed by atoms with Crippen molar-refractivity contribution in [3.63, 3.8) is 0 Å². The quantitative estimate of drug-likeness (QED) is 0.934. The lowest BCUT2D eigenvalue weighted by Gasteiger charge is -2.32. The van der Waals surface area contributed by atoms with Crippen molar-refractivity contribution in [1.29, 1.82) is 0 Å². The van der Waals surface area contributed by atoms with Gasteiger partial charge in [-0.3, -0.25) is 9.69 Å². The summed E-state index contributed by atoms with van der Waals surface area (Å²) >= 11 is 3.44. The molecule has 2 aromatic rings. The fraction of sp³-hybridized carbons (Fsp3) is 0.429. The lowest BCUT2D eigenvalue weighted by Crippen LogP contribution is -2.44. The first-order valence-corrected chi connectivity index (χ1v) is 7.52. The highest BCUT2D eigenvalue weighted by molar-refractivity contribution is 9.10. The summed E-state index contributed by atoms with van der Waals surface area (Å²) in [5.74, 6) is -0.726. The molecule has 3 rings (SSSR count). The number of rotatable bonds is 3. The Balaban J connectivity index is 1.82. The van der Waals surface area contributed by atoms with Crippen LogP contribution in [0.25, 0.3) is 5.52 Å². The molecular formula is C14H16BrN3O2. The molecule has 0 aliphatic carbocycles. The summed E-state index contributed by atoms with van der Waals surface area (Å²) in [7, 11) is 0. The third-order valence-corrected chi connectivity index (χ3v) is 4.21. The Kier molecular flexibility index (Phi) is 3.76. The number of aromatic nitrogens is 2. The van der Waals surface area contributed by atoms with Crippen LogP contribution in [0, 0.1) is 0 Å². The molecular weight excluding hydrogens is 322 g/mol. The smallest absolute Gasteiger partial charge is 0.320 e. The van der Waals surface area contributed by atoms with Gasteiger partial charge in [0.15, 0.2) is 0 Å². The largest absolute Gasteiger partial charge is 0.480 e. The fourth-order valence-electron chi connectivity index (χ4n) is 2.78. The third-order valence-electron chi connectivity index (χ3n) is 3.77. The van der Waals surface area contributed by atoms with E-state index in [0.29, 0.717) is 6.54 Å². The fourth-order valence-corrected chi connectivity index (χ4v) is 3.23. The molecule has 0 radical (unpaired) electrons. The molecule has 0 unspecified atom stereocenters. The van der Waals surface area contributed by atoms with E-state index in [0.717, 1.165) is 41.5 Å². The van der Waals surface area contributed by atoms with Crippen LogP contribution in [0.3, 0.4) is 0 Å². The molecule has 1 saturated heterocycles. The van der Waals surface area contributed by atoms with E-state index in [1.807, 2.05) is 27.6 Å². The maximum absolute atomic E-state index is 11.3. The molecule has 1 aliphatic rings. The zero-order valence-electron chi connectivity index (χ0n) is 11.0. The summed E-state index contributed by atoms with van der Waals surface area (Å²) in [5.41, 5.74) is 1.97. The Morgan fingerprint density at radius 3 is 3.10 bits per heavy atom. The summed E-state index contributed by atoms with van der Waals surface area (Å²) in [6.45, 7) is 1.42. The van der Waals surface area contributed by atoms with E-state index in [2.05, 4.69) is 20.9 Å². The van der Waals surface area contributed by atoms with Crippen LogP contribution in [0.5, 0.6) is 0 Å². The molecule has 1 aliphatic heterocycles. The van der Waals surface area contributed by atoms with Crippen molar-refractivity contribution < 1.29 is 9.90 Å². The van der Waals surface area contributed by atoms with Crippen molar-refractivity contribution in [1.82, 2.24) is 14.3 Å². The van der Waals surface area contributed by atoms with E-state index in [-0.39, 0.29) is 6.04 Å².